The topological polar surface area (TPSA) is 70.4 Å². The van der Waals surface area contributed by atoms with Gasteiger partial charge in [0.2, 0.25) is 0 Å². The van der Waals surface area contributed by atoms with Gasteiger partial charge in [-0.2, -0.15) is 5.26 Å². The summed E-state index contributed by atoms with van der Waals surface area (Å²) in [5, 5.41) is 9.83. The summed E-state index contributed by atoms with van der Waals surface area (Å²) in [5.74, 6) is -1.06. The van der Waals surface area contributed by atoms with Gasteiger partial charge in [-0.15, -0.1) is 0 Å². The van der Waals surface area contributed by atoms with Gasteiger partial charge in [-0.3, -0.25) is 4.79 Å². The van der Waals surface area contributed by atoms with Crippen LogP contribution in [0.3, 0.4) is 0 Å². The molecule has 0 saturated heterocycles. The first-order valence-electron chi connectivity index (χ1n) is 11.1. The van der Waals surface area contributed by atoms with Crippen LogP contribution in [0.1, 0.15) is 63.3 Å². The van der Waals surface area contributed by atoms with Crippen LogP contribution in [-0.4, -0.2) is 24.0 Å². The number of amides is 1. The first-order valence-corrected chi connectivity index (χ1v) is 11.1. The molecule has 0 bridgehead atoms. The predicted molar refractivity (Wildman–Crippen MR) is 124 cm³/mol. The molecule has 2 aliphatic heterocycles. The highest BCUT2D eigenvalue weighted by Gasteiger charge is 2.53. The number of esters is 1. The maximum Gasteiger partial charge on any atom is 0.349 e. The fourth-order valence-corrected chi connectivity index (χ4v) is 5.41. The Morgan fingerprint density at radius 1 is 1.16 bits per heavy atom. The molecule has 5 heteroatoms. The van der Waals surface area contributed by atoms with Crippen LogP contribution in [0.5, 0.6) is 0 Å². The molecule has 2 aliphatic rings. The number of carbonyl (C=O) groups excluding carboxylic acids is 2. The molecule has 0 aromatic heterocycles. The Labute approximate surface area is 189 Å². The fourth-order valence-electron chi connectivity index (χ4n) is 5.41. The second-order valence-electron chi connectivity index (χ2n) is 9.30. The Morgan fingerprint density at radius 2 is 1.84 bits per heavy atom. The van der Waals surface area contributed by atoms with Gasteiger partial charge in [-0.1, -0.05) is 50.2 Å². The molecule has 1 atom stereocenters. The van der Waals surface area contributed by atoms with Crippen LogP contribution in [-0.2, 0) is 26.2 Å². The number of hydrogen-bond donors (Lipinski definition) is 0. The molecule has 0 fully saturated rings. The molecule has 2 heterocycles. The van der Waals surface area contributed by atoms with E-state index in [9.17, 15) is 14.9 Å². The molecule has 164 valence electrons. The Kier molecular flexibility index (Phi) is 5.21. The van der Waals surface area contributed by atoms with Crippen LogP contribution in [0.15, 0.2) is 48.0 Å². The van der Waals surface area contributed by atoms with Gasteiger partial charge in [0.05, 0.1) is 17.9 Å². The molecule has 0 saturated carbocycles. The number of anilines is 1. The van der Waals surface area contributed by atoms with E-state index in [0.717, 1.165) is 23.2 Å². The Morgan fingerprint density at radius 3 is 2.44 bits per heavy atom. The van der Waals surface area contributed by atoms with Crippen molar-refractivity contribution in [1.82, 2.24) is 0 Å². The average Bonchev–Trinajstić information content (AvgIpc) is 3.06. The summed E-state index contributed by atoms with van der Waals surface area (Å²) in [6.07, 6.45) is 1.49. The number of rotatable bonds is 4. The smallest absolute Gasteiger partial charge is 0.349 e. The quantitative estimate of drug-likeness (QED) is 0.394. The van der Waals surface area contributed by atoms with Crippen molar-refractivity contribution in [3.05, 3.63) is 70.3 Å². The first-order chi connectivity index (χ1) is 15.2. The van der Waals surface area contributed by atoms with Gasteiger partial charge in [0.25, 0.3) is 5.91 Å². The molecule has 1 amide bonds. The Balaban J connectivity index is 2.10. The molecule has 2 aromatic carbocycles. The third-order valence-corrected chi connectivity index (χ3v) is 6.73. The summed E-state index contributed by atoms with van der Waals surface area (Å²) in [5.41, 5.74) is 3.85. The molecule has 1 unspecified atom stereocenters. The molecule has 0 aliphatic carbocycles. The third kappa shape index (κ3) is 3.05. The standard InChI is InChI=1S/C27H28N2O3/c1-6-17-13-19-22(20(15-28)25(31)32-7-2)24(30)29-23(19)21(14-17)27(5,16-26(29,3)4)18-11-9-8-10-12-18/h8-14H,6-7,16H2,1-5H3/b22-20-. The van der Waals surface area contributed by atoms with Gasteiger partial charge >= 0.3 is 5.97 Å². The van der Waals surface area contributed by atoms with E-state index in [1.807, 2.05) is 44.2 Å². The molecule has 0 spiro atoms. The molecular formula is C27H28N2O3. The van der Waals surface area contributed by atoms with Gasteiger partial charge in [-0.25, -0.2) is 4.79 Å². The Bertz CT molecular complexity index is 1190. The summed E-state index contributed by atoms with van der Waals surface area (Å²) < 4.78 is 5.11. The number of nitriles is 1. The zero-order valence-electron chi connectivity index (χ0n) is 19.3. The van der Waals surface area contributed by atoms with E-state index in [1.54, 1.807) is 11.8 Å². The summed E-state index contributed by atoms with van der Waals surface area (Å²) >= 11 is 0. The highest BCUT2D eigenvalue weighted by molar-refractivity contribution is 6.37. The van der Waals surface area contributed by atoms with Crippen LogP contribution < -0.4 is 4.90 Å². The molecule has 2 aromatic rings. The molecule has 0 radical (unpaired) electrons. The first kappa shape index (κ1) is 21.8. The zero-order chi connectivity index (χ0) is 23.3. The molecule has 32 heavy (non-hydrogen) atoms. The lowest BCUT2D eigenvalue weighted by molar-refractivity contribution is -0.138. The van der Waals surface area contributed by atoms with Crippen molar-refractivity contribution < 1.29 is 14.3 Å². The van der Waals surface area contributed by atoms with Crippen LogP contribution in [0.4, 0.5) is 5.69 Å². The van der Waals surface area contributed by atoms with Gasteiger partial charge in [0.15, 0.2) is 5.57 Å². The maximum absolute atomic E-state index is 13.8. The van der Waals surface area contributed by atoms with Crippen molar-refractivity contribution in [2.24, 2.45) is 0 Å². The summed E-state index contributed by atoms with van der Waals surface area (Å²) in [6.45, 7) is 10.2. The zero-order valence-corrected chi connectivity index (χ0v) is 19.3. The van der Waals surface area contributed by atoms with E-state index < -0.39 is 11.5 Å². The van der Waals surface area contributed by atoms with Gasteiger partial charge in [0, 0.05) is 16.5 Å². The van der Waals surface area contributed by atoms with Crippen molar-refractivity contribution in [3.8, 4) is 6.07 Å². The average molecular weight is 429 g/mol. The van der Waals surface area contributed by atoms with Crippen LogP contribution in [0, 0.1) is 11.3 Å². The van der Waals surface area contributed by atoms with Crippen LogP contribution >= 0.6 is 0 Å². The largest absolute Gasteiger partial charge is 0.462 e. The maximum atomic E-state index is 13.8. The van der Waals surface area contributed by atoms with Crippen LogP contribution in [0.2, 0.25) is 0 Å². The number of ether oxygens (including phenoxy) is 1. The van der Waals surface area contributed by atoms with Gasteiger partial charge in [-0.05, 0) is 56.4 Å². The van der Waals surface area contributed by atoms with Gasteiger partial charge < -0.3 is 9.64 Å². The fraction of sp³-hybridized carbons (Fsp3) is 0.370. The van der Waals surface area contributed by atoms with Crippen molar-refractivity contribution in [3.63, 3.8) is 0 Å². The second kappa shape index (κ2) is 7.63. The molecule has 4 rings (SSSR count). The van der Waals surface area contributed by atoms with Crippen LogP contribution in [0.25, 0.3) is 5.57 Å². The summed E-state index contributed by atoms with van der Waals surface area (Å²) in [7, 11) is 0. The van der Waals surface area contributed by atoms with Crippen molar-refractivity contribution >= 4 is 23.1 Å². The lowest BCUT2D eigenvalue weighted by Gasteiger charge is -2.50. The lowest BCUT2D eigenvalue weighted by atomic mass is 9.65. The lowest BCUT2D eigenvalue weighted by Crippen LogP contribution is -2.54. The number of benzene rings is 2. The monoisotopic (exact) mass is 428 g/mol. The van der Waals surface area contributed by atoms with E-state index in [2.05, 4.69) is 32.0 Å². The number of aryl methyl sites for hydroxylation is 1. The molecule has 0 N–H and O–H groups in total. The van der Waals surface area contributed by atoms with Crippen molar-refractivity contribution in [2.45, 2.75) is 58.4 Å². The highest BCUT2D eigenvalue weighted by Crippen LogP contribution is 2.56. The number of hydrogen-bond acceptors (Lipinski definition) is 4. The minimum absolute atomic E-state index is 0.139. The molecular weight excluding hydrogens is 400 g/mol. The van der Waals surface area contributed by atoms with Gasteiger partial charge in [0.1, 0.15) is 6.07 Å². The Hall–Kier alpha value is -3.39. The summed E-state index contributed by atoms with van der Waals surface area (Å²) in [4.78, 5) is 28.1. The van der Waals surface area contributed by atoms with E-state index in [0.29, 0.717) is 12.0 Å². The predicted octanol–water partition coefficient (Wildman–Crippen LogP) is 4.92. The third-order valence-electron chi connectivity index (χ3n) is 6.73. The van der Waals surface area contributed by atoms with E-state index in [1.165, 1.54) is 5.56 Å². The highest BCUT2D eigenvalue weighted by atomic mass is 16.5. The van der Waals surface area contributed by atoms with Crippen molar-refractivity contribution in [2.75, 3.05) is 11.5 Å². The normalized spacial score (nSPS) is 22.2. The number of nitrogens with zero attached hydrogens (tertiary/aromatic N) is 2. The molecule has 5 nitrogen and oxygen atoms in total. The minimum atomic E-state index is -0.752. The second-order valence-corrected chi connectivity index (χ2v) is 9.30. The summed E-state index contributed by atoms with van der Waals surface area (Å²) in [6, 6.07) is 16.4. The van der Waals surface area contributed by atoms with E-state index in [-0.39, 0.29) is 29.1 Å². The van der Waals surface area contributed by atoms with E-state index in [4.69, 9.17) is 4.74 Å². The SMILES string of the molecule is CCOC(=O)/C(C#N)=C1\C(=O)N2c3c1cc(CC)cc3C(C)(c1ccccc1)CC2(C)C. The van der Waals surface area contributed by atoms with E-state index >= 15 is 0 Å². The number of carbonyl (C=O) groups is 2. The minimum Gasteiger partial charge on any atom is -0.462 e. The van der Waals surface area contributed by atoms with Crippen molar-refractivity contribution in [1.29, 1.82) is 5.26 Å².